The first-order chi connectivity index (χ1) is 5.41. The summed E-state index contributed by atoms with van der Waals surface area (Å²) < 4.78 is 31.6. The summed E-state index contributed by atoms with van der Waals surface area (Å²) in [5.74, 6) is 0. The Bertz CT molecular complexity index is 155. The predicted octanol–water partition coefficient (Wildman–Crippen LogP) is 2.32. The van der Waals surface area contributed by atoms with Gasteiger partial charge in [-0.2, -0.15) is 8.42 Å². The monoisotopic (exact) mass is 254 g/mol. The van der Waals surface area contributed by atoms with Gasteiger partial charge in [0.05, 0.1) is 0 Å². The maximum absolute atomic E-state index is 8.74. The van der Waals surface area contributed by atoms with Gasteiger partial charge in [-0.15, -0.1) is 0 Å². The molecule has 0 aromatic heterocycles. The molecule has 0 aliphatic rings. The largest absolute Gasteiger partial charge is 0.394 e. The van der Waals surface area contributed by atoms with Crippen LogP contribution in [0.3, 0.4) is 0 Å². The average molecular weight is 254 g/mol. The molecule has 0 heterocycles. The van der Waals surface area contributed by atoms with Crippen LogP contribution in [0.2, 0.25) is 0 Å². The number of hydrogen-bond acceptors (Lipinski definition) is 2. The van der Waals surface area contributed by atoms with Crippen LogP contribution in [0.15, 0.2) is 0 Å². The topological polar surface area (TPSA) is 74.6 Å². The third-order valence-corrected chi connectivity index (χ3v) is 1.21. The molecule has 13 heavy (non-hydrogen) atoms. The molecule has 4 nitrogen and oxygen atoms in total. The summed E-state index contributed by atoms with van der Waals surface area (Å²) >= 11 is 0. The fourth-order valence-corrected chi connectivity index (χ4v) is 0.677. The number of unbranched alkanes of at least 4 members (excludes halogenated alkanes) is 4. The standard InChI is InChI=1S/C7H16.Fe.H2O4S/c1-3-5-7-6-4-2;;1-5(2,3)4/h3-7H2,1-2H3;;(H2,1,2,3,4). The van der Waals surface area contributed by atoms with Gasteiger partial charge in [-0.05, 0) is 0 Å². The molecule has 0 unspecified atom stereocenters. The summed E-state index contributed by atoms with van der Waals surface area (Å²) in [6, 6.07) is 0. The fourth-order valence-electron chi connectivity index (χ4n) is 0.677. The number of rotatable bonds is 4. The van der Waals surface area contributed by atoms with Crippen LogP contribution in [0.5, 0.6) is 0 Å². The minimum Gasteiger partial charge on any atom is -0.264 e. The Balaban J connectivity index is -0.000000150. The van der Waals surface area contributed by atoms with Gasteiger partial charge >= 0.3 is 10.4 Å². The Morgan fingerprint density at radius 1 is 0.923 bits per heavy atom. The summed E-state index contributed by atoms with van der Waals surface area (Å²) in [6.07, 6.45) is 7.01. The Morgan fingerprint density at radius 3 is 1.31 bits per heavy atom. The molecule has 0 amide bonds. The first kappa shape index (κ1) is 19.0. The van der Waals surface area contributed by atoms with Crippen molar-refractivity contribution in [3.05, 3.63) is 0 Å². The van der Waals surface area contributed by atoms with Gasteiger partial charge in [-0.25, -0.2) is 0 Å². The van der Waals surface area contributed by atoms with Crippen LogP contribution >= 0.6 is 0 Å². The summed E-state index contributed by atoms with van der Waals surface area (Å²) in [5.41, 5.74) is 0. The van der Waals surface area contributed by atoms with Gasteiger partial charge in [0.15, 0.2) is 0 Å². The molecule has 0 fully saturated rings. The third kappa shape index (κ3) is 69.4. The second kappa shape index (κ2) is 12.4. The molecule has 0 bridgehead atoms. The van der Waals surface area contributed by atoms with Gasteiger partial charge in [0.2, 0.25) is 0 Å². The molecule has 0 spiro atoms. The SMILES string of the molecule is CCCCCCC.O=S(=O)(O)O.[Fe]. The zero-order chi connectivity index (χ0) is 10.0. The molecule has 84 valence electrons. The van der Waals surface area contributed by atoms with Gasteiger partial charge in [0.1, 0.15) is 0 Å². The molecule has 0 radical (unpaired) electrons. The molecule has 2 N–H and O–H groups in total. The van der Waals surface area contributed by atoms with Crippen LogP contribution in [-0.2, 0) is 27.5 Å². The average Bonchev–Trinajstić information content (AvgIpc) is 1.85. The van der Waals surface area contributed by atoms with E-state index in [2.05, 4.69) is 13.8 Å². The summed E-state index contributed by atoms with van der Waals surface area (Å²) in [6.45, 7) is 4.49. The molecule has 6 heteroatoms. The third-order valence-electron chi connectivity index (χ3n) is 1.21. The van der Waals surface area contributed by atoms with Gasteiger partial charge in [-0.1, -0.05) is 46.0 Å². The Morgan fingerprint density at radius 2 is 1.15 bits per heavy atom. The second-order valence-electron chi connectivity index (χ2n) is 2.51. The van der Waals surface area contributed by atoms with Crippen molar-refractivity contribution in [2.45, 2.75) is 46.0 Å². The van der Waals surface area contributed by atoms with E-state index in [9.17, 15) is 0 Å². The summed E-state index contributed by atoms with van der Waals surface area (Å²) in [7, 11) is -4.67. The van der Waals surface area contributed by atoms with Crippen LogP contribution in [0.1, 0.15) is 46.0 Å². The molecular weight excluding hydrogens is 236 g/mol. The smallest absolute Gasteiger partial charge is 0.264 e. The van der Waals surface area contributed by atoms with Crippen molar-refractivity contribution in [3.8, 4) is 0 Å². The van der Waals surface area contributed by atoms with Gasteiger partial charge in [0, 0.05) is 17.1 Å². The molecule has 0 aromatic carbocycles. The maximum atomic E-state index is 8.74. The summed E-state index contributed by atoms with van der Waals surface area (Å²) in [4.78, 5) is 0. The van der Waals surface area contributed by atoms with E-state index < -0.39 is 10.4 Å². The van der Waals surface area contributed by atoms with E-state index in [1.54, 1.807) is 0 Å². The zero-order valence-electron chi connectivity index (χ0n) is 8.01. The number of hydrogen-bond donors (Lipinski definition) is 2. The Labute approximate surface area is 91.2 Å². The van der Waals surface area contributed by atoms with Crippen molar-refractivity contribution in [3.63, 3.8) is 0 Å². The van der Waals surface area contributed by atoms with E-state index in [1.165, 1.54) is 32.1 Å². The first-order valence-electron chi connectivity index (χ1n) is 4.11. The molecule has 0 aliphatic heterocycles. The molecule has 0 saturated carbocycles. The van der Waals surface area contributed by atoms with Crippen molar-refractivity contribution in [1.82, 2.24) is 0 Å². The first-order valence-corrected chi connectivity index (χ1v) is 5.51. The van der Waals surface area contributed by atoms with Crippen LogP contribution in [-0.4, -0.2) is 17.5 Å². The van der Waals surface area contributed by atoms with Crippen molar-refractivity contribution in [1.29, 1.82) is 0 Å². The Hall–Kier alpha value is 0.389. The van der Waals surface area contributed by atoms with E-state index in [0.29, 0.717) is 0 Å². The van der Waals surface area contributed by atoms with Gasteiger partial charge in [-0.3, -0.25) is 9.11 Å². The van der Waals surface area contributed by atoms with E-state index in [1.807, 2.05) is 0 Å². The van der Waals surface area contributed by atoms with E-state index in [4.69, 9.17) is 17.5 Å². The predicted molar refractivity (Wildman–Crippen MR) is 48.6 cm³/mol. The minimum atomic E-state index is -4.67. The quantitative estimate of drug-likeness (QED) is 0.458. The van der Waals surface area contributed by atoms with Crippen LogP contribution in [0, 0.1) is 0 Å². The second-order valence-corrected chi connectivity index (χ2v) is 3.40. The van der Waals surface area contributed by atoms with E-state index in [0.717, 1.165) is 0 Å². The van der Waals surface area contributed by atoms with Crippen molar-refractivity contribution in [2.75, 3.05) is 0 Å². The fraction of sp³-hybridized carbons (Fsp3) is 1.00. The summed E-state index contributed by atoms with van der Waals surface area (Å²) in [5, 5.41) is 0. The van der Waals surface area contributed by atoms with Crippen molar-refractivity contribution >= 4 is 10.4 Å². The Kier molecular flexibility index (Phi) is 18.1. The molecule has 0 aliphatic carbocycles. The van der Waals surface area contributed by atoms with Crippen molar-refractivity contribution < 1.29 is 34.6 Å². The van der Waals surface area contributed by atoms with E-state index in [-0.39, 0.29) is 17.1 Å². The van der Waals surface area contributed by atoms with Crippen LogP contribution in [0.4, 0.5) is 0 Å². The molecule has 0 saturated heterocycles. The van der Waals surface area contributed by atoms with Crippen LogP contribution < -0.4 is 0 Å². The van der Waals surface area contributed by atoms with Crippen molar-refractivity contribution in [2.24, 2.45) is 0 Å². The molecular formula is C7H18FeO4S. The van der Waals surface area contributed by atoms with E-state index >= 15 is 0 Å². The normalized spacial score (nSPS) is 9.54. The minimum absolute atomic E-state index is 0. The van der Waals surface area contributed by atoms with Crippen LogP contribution in [0.25, 0.3) is 0 Å². The molecule has 0 aromatic rings. The van der Waals surface area contributed by atoms with Gasteiger partial charge in [0.25, 0.3) is 0 Å². The van der Waals surface area contributed by atoms with Gasteiger partial charge < -0.3 is 0 Å². The molecule has 0 rings (SSSR count). The molecule has 0 atom stereocenters. The zero-order valence-corrected chi connectivity index (χ0v) is 9.93. The maximum Gasteiger partial charge on any atom is 0.394 e.